The highest BCUT2D eigenvalue weighted by Crippen LogP contribution is 2.66. The average molecular weight is 431 g/mol. The monoisotopic (exact) mass is 430 g/mol. The van der Waals surface area contributed by atoms with Gasteiger partial charge in [-0.25, -0.2) is 5.43 Å². The van der Waals surface area contributed by atoms with Crippen molar-refractivity contribution in [1.29, 1.82) is 0 Å². The molecule has 0 radical (unpaired) electrons. The van der Waals surface area contributed by atoms with E-state index < -0.39 is 0 Å². The average Bonchev–Trinajstić information content (AvgIpc) is 3.33. The molecule has 2 saturated carbocycles. The number of carbonyl (C=O) groups excluding carboxylic acids is 1. The Morgan fingerprint density at radius 3 is 2.90 bits per heavy atom. The van der Waals surface area contributed by atoms with Gasteiger partial charge in [0, 0.05) is 21.5 Å². The van der Waals surface area contributed by atoms with Crippen molar-refractivity contribution in [2.45, 2.75) is 39.2 Å². The van der Waals surface area contributed by atoms with Crippen LogP contribution in [0.2, 0.25) is 10.0 Å². The van der Waals surface area contributed by atoms with E-state index in [1.54, 1.807) is 18.3 Å². The molecule has 2 aromatic carbocycles. The van der Waals surface area contributed by atoms with Crippen LogP contribution in [-0.4, -0.2) is 12.1 Å². The number of ether oxygens (including phenoxy) is 1. The van der Waals surface area contributed by atoms with E-state index in [0.29, 0.717) is 28.3 Å². The Labute approximate surface area is 181 Å². The minimum absolute atomic E-state index is 0.0421. The number of halogens is 2. The Bertz CT molecular complexity index is 946. The fourth-order valence-corrected chi connectivity index (χ4v) is 5.04. The maximum absolute atomic E-state index is 12.5. The number of hydrazone groups is 1. The summed E-state index contributed by atoms with van der Waals surface area (Å²) in [6.07, 6.45) is 6.43. The smallest absolute Gasteiger partial charge is 0.244 e. The lowest BCUT2D eigenvalue weighted by Gasteiger charge is -2.15. The lowest BCUT2D eigenvalue weighted by molar-refractivity contribution is -0.123. The quantitative estimate of drug-likeness (QED) is 0.461. The topological polar surface area (TPSA) is 50.7 Å². The molecule has 0 heterocycles. The van der Waals surface area contributed by atoms with Crippen LogP contribution < -0.4 is 10.2 Å². The van der Waals surface area contributed by atoms with E-state index in [9.17, 15) is 4.79 Å². The van der Waals surface area contributed by atoms with Gasteiger partial charge in [-0.1, -0.05) is 61.2 Å². The standard InChI is InChI=1S/C23H24Cl2N2O2/c1-23-10-3-2-7-19(23)21(23)22(28)27-26-13-15-5-4-6-18(11-15)29-14-16-8-9-17(24)12-20(16)25/h4-6,8-9,11-13,19,21H,2-3,7,10,14H2,1H3,(H,27,28)/b26-13-/t19-,21+,23+/m1/s1. The van der Waals surface area contributed by atoms with Crippen molar-refractivity contribution in [1.82, 2.24) is 5.43 Å². The van der Waals surface area contributed by atoms with Crippen LogP contribution in [0.4, 0.5) is 0 Å². The fourth-order valence-electron chi connectivity index (χ4n) is 4.57. The van der Waals surface area contributed by atoms with E-state index in [1.807, 2.05) is 30.3 Å². The molecule has 4 rings (SSSR count). The number of hydrogen-bond acceptors (Lipinski definition) is 3. The molecule has 6 heteroatoms. The number of benzene rings is 2. The number of fused-ring (bicyclic) bond motifs is 1. The molecule has 1 amide bonds. The summed E-state index contributed by atoms with van der Waals surface area (Å²) in [6, 6.07) is 12.9. The number of nitrogens with zero attached hydrogens (tertiary/aromatic N) is 1. The Morgan fingerprint density at radius 1 is 1.28 bits per heavy atom. The van der Waals surface area contributed by atoms with Crippen LogP contribution in [0.1, 0.15) is 43.7 Å². The van der Waals surface area contributed by atoms with Crippen molar-refractivity contribution >= 4 is 35.3 Å². The molecule has 2 aromatic rings. The van der Waals surface area contributed by atoms with Crippen LogP contribution in [0.5, 0.6) is 5.75 Å². The predicted molar refractivity (Wildman–Crippen MR) is 117 cm³/mol. The first-order chi connectivity index (χ1) is 14.0. The van der Waals surface area contributed by atoms with Crippen molar-refractivity contribution in [3.8, 4) is 5.75 Å². The molecular formula is C23H24Cl2N2O2. The molecule has 4 nitrogen and oxygen atoms in total. The lowest BCUT2D eigenvalue weighted by Crippen LogP contribution is -2.22. The SMILES string of the molecule is C[C@]12CCCC[C@@H]1[C@H]2C(=O)N/N=C\c1cccc(OCc2ccc(Cl)cc2Cl)c1. The summed E-state index contributed by atoms with van der Waals surface area (Å²) >= 11 is 12.1. The van der Waals surface area contributed by atoms with Gasteiger partial charge >= 0.3 is 0 Å². The van der Waals surface area contributed by atoms with Crippen molar-refractivity contribution in [2.75, 3.05) is 0 Å². The van der Waals surface area contributed by atoms with E-state index in [1.165, 1.54) is 12.8 Å². The second kappa shape index (κ2) is 8.37. The van der Waals surface area contributed by atoms with E-state index in [0.717, 1.165) is 24.0 Å². The lowest BCUT2D eigenvalue weighted by atomic mass is 9.90. The maximum atomic E-state index is 12.5. The van der Waals surface area contributed by atoms with Gasteiger partial charge in [-0.05, 0) is 54.0 Å². The first kappa shape index (κ1) is 20.2. The van der Waals surface area contributed by atoms with Gasteiger partial charge in [-0.15, -0.1) is 0 Å². The van der Waals surface area contributed by atoms with Crippen LogP contribution in [0, 0.1) is 17.3 Å². The number of nitrogens with one attached hydrogen (secondary N) is 1. The van der Waals surface area contributed by atoms with E-state index in [2.05, 4.69) is 17.5 Å². The largest absolute Gasteiger partial charge is 0.489 e. The Balaban J connectivity index is 1.32. The molecule has 0 saturated heterocycles. The van der Waals surface area contributed by atoms with Gasteiger partial charge in [-0.2, -0.15) is 5.10 Å². The van der Waals surface area contributed by atoms with E-state index >= 15 is 0 Å². The fraction of sp³-hybridized carbons (Fsp3) is 0.391. The molecule has 2 aliphatic carbocycles. The molecule has 2 fully saturated rings. The molecule has 0 spiro atoms. The van der Waals surface area contributed by atoms with Crippen LogP contribution in [0.3, 0.4) is 0 Å². The highest BCUT2D eigenvalue weighted by molar-refractivity contribution is 6.35. The predicted octanol–water partition coefficient (Wildman–Crippen LogP) is 5.85. The summed E-state index contributed by atoms with van der Waals surface area (Å²) in [5.41, 5.74) is 4.63. The van der Waals surface area contributed by atoms with Gasteiger partial charge in [0.05, 0.1) is 6.21 Å². The third-order valence-electron chi connectivity index (χ3n) is 6.27. The minimum Gasteiger partial charge on any atom is -0.489 e. The highest BCUT2D eigenvalue weighted by atomic mass is 35.5. The highest BCUT2D eigenvalue weighted by Gasteiger charge is 2.64. The molecule has 0 bridgehead atoms. The summed E-state index contributed by atoms with van der Waals surface area (Å²) in [5.74, 6) is 1.39. The molecule has 1 N–H and O–H groups in total. The summed E-state index contributed by atoms with van der Waals surface area (Å²) in [7, 11) is 0. The summed E-state index contributed by atoms with van der Waals surface area (Å²) in [4.78, 5) is 12.5. The van der Waals surface area contributed by atoms with Crippen LogP contribution in [0.15, 0.2) is 47.6 Å². The zero-order chi connectivity index (χ0) is 20.4. The number of hydrogen-bond donors (Lipinski definition) is 1. The first-order valence-corrected chi connectivity index (χ1v) is 10.7. The summed E-state index contributed by atoms with van der Waals surface area (Å²) < 4.78 is 5.83. The van der Waals surface area contributed by atoms with Crippen molar-refractivity contribution < 1.29 is 9.53 Å². The maximum Gasteiger partial charge on any atom is 0.244 e. The molecule has 29 heavy (non-hydrogen) atoms. The van der Waals surface area contributed by atoms with Crippen LogP contribution >= 0.6 is 23.2 Å². The van der Waals surface area contributed by atoms with Gasteiger partial charge in [0.2, 0.25) is 5.91 Å². The number of amides is 1. The van der Waals surface area contributed by atoms with E-state index in [-0.39, 0.29) is 17.2 Å². The molecule has 0 aliphatic heterocycles. The summed E-state index contributed by atoms with van der Waals surface area (Å²) in [5, 5.41) is 5.33. The van der Waals surface area contributed by atoms with Gasteiger partial charge < -0.3 is 4.74 Å². The van der Waals surface area contributed by atoms with Crippen LogP contribution in [0.25, 0.3) is 0 Å². The Morgan fingerprint density at radius 2 is 2.14 bits per heavy atom. The molecule has 3 atom stereocenters. The third kappa shape index (κ3) is 4.44. The molecule has 0 aromatic heterocycles. The second-order valence-electron chi connectivity index (χ2n) is 8.17. The van der Waals surface area contributed by atoms with Gasteiger partial charge in [0.25, 0.3) is 0 Å². The van der Waals surface area contributed by atoms with Crippen molar-refractivity contribution in [2.24, 2.45) is 22.4 Å². The Kier molecular flexibility index (Phi) is 5.84. The molecule has 0 unspecified atom stereocenters. The van der Waals surface area contributed by atoms with Gasteiger partial charge in [0.15, 0.2) is 0 Å². The van der Waals surface area contributed by atoms with Crippen molar-refractivity contribution in [3.63, 3.8) is 0 Å². The van der Waals surface area contributed by atoms with E-state index in [4.69, 9.17) is 27.9 Å². The molecule has 2 aliphatic rings. The van der Waals surface area contributed by atoms with Gasteiger partial charge in [0.1, 0.15) is 12.4 Å². The van der Waals surface area contributed by atoms with Gasteiger partial charge in [-0.3, -0.25) is 4.79 Å². The minimum atomic E-state index is 0.0421. The Hall–Kier alpha value is -2.04. The number of carbonyl (C=O) groups is 1. The first-order valence-electron chi connectivity index (χ1n) is 9.97. The summed E-state index contributed by atoms with van der Waals surface area (Å²) in [6.45, 7) is 2.58. The number of rotatable bonds is 6. The zero-order valence-corrected chi connectivity index (χ0v) is 17.8. The molecular weight excluding hydrogens is 407 g/mol. The van der Waals surface area contributed by atoms with Crippen LogP contribution in [-0.2, 0) is 11.4 Å². The second-order valence-corrected chi connectivity index (χ2v) is 9.01. The molecule has 152 valence electrons. The zero-order valence-electron chi connectivity index (χ0n) is 16.3. The van der Waals surface area contributed by atoms with Crippen molar-refractivity contribution in [3.05, 3.63) is 63.6 Å². The third-order valence-corrected chi connectivity index (χ3v) is 6.86. The normalized spacial score (nSPS) is 25.5.